The maximum atomic E-state index is 12.4. The Hall–Kier alpha value is -1.86. The quantitative estimate of drug-likeness (QED) is 0.816. The van der Waals surface area contributed by atoms with E-state index in [4.69, 9.17) is 5.73 Å². The second kappa shape index (κ2) is 5.87. The second-order valence-corrected chi connectivity index (χ2v) is 6.89. The Kier molecular flexibility index (Phi) is 4.34. The first-order chi connectivity index (χ1) is 9.79. The van der Waals surface area contributed by atoms with Gasteiger partial charge in [0.25, 0.3) is 0 Å². The highest BCUT2D eigenvalue weighted by atomic mass is 32.2. The van der Waals surface area contributed by atoms with Crippen LogP contribution < -0.4 is 10.5 Å². The molecule has 0 bridgehead atoms. The van der Waals surface area contributed by atoms with Gasteiger partial charge >= 0.3 is 0 Å². The van der Waals surface area contributed by atoms with Crippen molar-refractivity contribution < 1.29 is 8.42 Å². The summed E-state index contributed by atoms with van der Waals surface area (Å²) >= 11 is 0. The highest BCUT2D eigenvalue weighted by molar-refractivity contribution is 7.89. The molecule has 0 fully saturated rings. The van der Waals surface area contributed by atoms with Gasteiger partial charge in [0, 0.05) is 18.4 Å². The van der Waals surface area contributed by atoms with Crippen molar-refractivity contribution in [2.45, 2.75) is 32.2 Å². The summed E-state index contributed by atoms with van der Waals surface area (Å²) in [5.74, 6) is 0. The van der Waals surface area contributed by atoms with Crippen LogP contribution in [0, 0.1) is 20.8 Å². The molecule has 114 valence electrons. The van der Waals surface area contributed by atoms with Gasteiger partial charge in [-0.15, -0.1) is 0 Å². The van der Waals surface area contributed by atoms with Gasteiger partial charge in [-0.25, -0.2) is 13.1 Å². The summed E-state index contributed by atoms with van der Waals surface area (Å²) in [5, 5.41) is 4.12. The van der Waals surface area contributed by atoms with Crippen molar-refractivity contribution in [3.05, 3.63) is 41.2 Å². The second-order valence-electron chi connectivity index (χ2n) is 5.16. The lowest BCUT2D eigenvalue weighted by molar-refractivity contribution is 0.560. The summed E-state index contributed by atoms with van der Waals surface area (Å²) in [6.45, 7) is 6.22. The smallest absolute Gasteiger partial charge is 0.240 e. The van der Waals surface area contributed by atoms with E-state index in [2.05, 4.69) is 9.82 Å². The molecule has 1 aromatic heterocycles. The molecule has 0 aliphatic heterocycles. The van der Waals surface area contributed by atoms with Gasteiger partial charge in [-0.2, -0.15) is 5.10 Å². The summed E-state index contributed by atoms with van der Waals surface area (Å²) in [6, 6.07) is 3.40. The highest BCUT2D eigenvalue weighted by Crippen LogP contribution is 2.22. The van der Waals surface area contributed by atoms with Crippen molar-refractivity contribution in [3.8, 4) is 0 Å². The summed E-state index contributed by atoms with van der Waals surface area (Å²) in [7, 11) is -3.57. The van der Waals surface area contributed by atoms with Gasteiger partial charge in [-0.1, -0.05) is 0 Å². The average Bonchev–Trinajstić information content (AvgIpc) is 2.79. The maximum Gasteiger partial charge on any atom is 0.240 e. The monoisotopic (exact) mass is 308 g/mol. The number of hydrogen-bond acceptors (Lipinski definition) is 4. The van der Waals surface area contributed by atoms with E-state index >= 15 is 0 Å². The van der Waals surface area contributed by atoms with Crippen LogP contribution >= 0.6 is 0 Å². The van der Waals surface area contributed by atoms with Gasteiger partial charge in [0.05, 0.1) is 17.6 Å². The molecule has 0 aliphatic rings. The van der Waals surface area contributed by atoms with Crippen molar-refractivity contribution in [3.63, 3.8) is 0 Å². The molecule has 0 unspecified atom stereocenters. The zero-order valence-corrected chi connectivity index (χ0v) is 13.2. The summed E-state index contributed by atoms with van der Waals surface area (Å²) in [4.78, 5) is 0.233. The largest absolute Gasteiger partial charge is 0.398 e. The van der Waals surface area contributed by atoms with Gasteiger partial charge in [0.15, 0.2) is 0 Å². The molecule has 1 heterocycles. The molecule has 1 aromatic carbocycles. The van der Waals surface area contributed by atoms with Gasteiger partial charge in [0.2, 0.25) is 10.0 Å². The number of aryl methyl sites for hydroxylation is 2. The summed E-state index contributed by atoms with van der Waals surface area (Å²) in [6.07, 6.45) is 3.60. The van der Waals surface area contributed by atoms with Gasteiger partial charge in [-0.05, 0) is 49.6 Å². The normalized spacial score (nSPS) is 11.8. The van der Waals surface area contributed by atoms with Crippen molar-refractivity contribution in [1.29, 1.82) is 0 Å². The number of nitrogens with one attached hydrogen (secondary N) is 1. The number of nitrogen functional groups attached to an aromatic ring is 1. The highest BCUT2D eigenvalue weighted by Gasteiger charge is 2.18. The lowest BCUT2D eigenvalue weighted by atomic mass is 10.1. The van der Waals surface area contributed by atoms with E-state index in [0.717, 1.165) is 11.1 Å². The third kappa shape index (κ3) is 3.62. The molecule has 0 radical (unpaired) electrons. The number of anilines is 1. The Labute approximate surface area is 125 Å². The molecule has 0 spiro atoms. The van der Waals surface area contributed by atoms with Crippen LogP contribution in [0.5, 0.6) is 0 Å². The predicted octanol–water partition coefficient (Wildman–Crippen LogP) is 1.37. The number of rotatable bonds is 5. The van der Waals surface area contributed by atoms with E-state index < -0.39 is 10.0 Å². The molecule has 21 heavy (non-hydrogen) atoms. The average molecular weight is 308 g/mol. The Balaban J connectivity index is 2.12. The number of nitrogens with zero attached hydrogens (tertiary/aromatic N) is 2. The van der Waals surface area contributed by atoms with Crippen LogP contribution in [-0.4, -0.2) is 24.7 Å². The molecule has 0 atom stereocenters. The maximum absolute atomic E-state index is 12.4. The fourth-order valence-electron chi connectivity index (χ4n) is 2.09. The first-order valence-corrected chi connectivity index (χ1v) is 8.13. The third-order valence-corrected chi connectivity index (χ3v) is 4.82. The first-order valence-electron chi connectivity index (χ1n) is 6.65. The Bertz CT molecular complexity index is 750. The molecule has 0 amide bonds. The topological polar surface area (TPSA) is 90.0 Å². The molecule has 2 rings (SSSR count). The van der Waals surface area contributed by atoms with E-state index in [1.54, 1.807) is 29.9 Å². The Morgan fingerprint density at radius 3 is 2.57 bits per heavy atom. The van der Waals surface area contributed by atoms with Crippen LogP contribution in [0.2, 0.25) is 0 Å². The van der Waals surface area contributed by atoms with Gasteiger partial charge in [0.1, 0.15) is 0 Å². The number of aromatic nitrogens is 2. The molecule has 0 saturated heterocycles. The zero-order chi connectivity index (χ0) is 15.6. The lowest BCUT2D eigenvalue weighted by Gasteiger charge is -2.12. The standard InChI is InChI=1S/C14H20N4O2S/c1-10-6-13(15)12(3)14(7-10)21(19,20)17-4-5-18-9-11(2)8-16-18/h6-9,17H,4-5,15H2,1-3H3. The van der Waals surface area contributed by atoms with Gasteiger partial charge in [-0.3, -0.25) is 4.68 Å². The van der Waals surface area contributed by atoms with Crippen molar-refractivity contribution >= 4 is 15.7 Å². The molecular weight excluding hydrogens is 288 g/mol. The fourth-order valence-corrected chi connectivity index (χ4v) is 3.47. The Morgan fingerprint density at radius 1 is 1.24 bits per heavy atom. The molecule has 2 aromatic rings. The zero-order valence-electron chi connectivity index (χ0n) is 12.4. The number of sulfonamides is 1. The molecule has 0 aliphatic carbocycles. The fraction of sp³-hybridized carbons (Fsp3) is 0.357. The summed E-state index contributed by atoms with van der Waals surface area (Å²) in [5.41, 5.74) is 8.75. The van der Waals surface area contributed by atoms with E-state index in [-0.39, 0.29) is 11.4 Å². The summed E-state index contributed by atoms with van der Waals surface area (Å²) < 4.78 is 29.0. The predicted molar refractivity (Wildman–Crippen MR) is 82.5 cm³/mol. The lowest BCUT2D eigenvalue weighted by Crippen LogP contribution is -2.28. The molecular formula is C14H20N4O2S. The molecule has 7 heteroatoms. The van der Waals surface area contributed by atoms with E-state index in [9.17, 15) is 8.42 Å². The van der Waals surface area contributed by atoms with Crippen LogP contribution in [0.15, 0.2) is 29.4 Å². The van der Waals surface area contributed by atoms with Crippen molar-refractivity contribution in [2.24, 2.45) is 0 Å². The minimum atomic E-state index is -3.57. The van der Waals surface area contributed by atoms with E-state index in [1.807, 2.05) is 20.0 Å². The number of benzene rings is 1. The number of hydrogen-bond donors (Lipinski definition) is 2. The molecule has 3 N–H and O–H groups in total. The molecule has 6 nitrogen and oxygen atoms in total. The number of nitrogens with two attached hydrogens (primary N) is 1. The van der Waals surface area contributed by atoms with E-state index in [1.165, 1.54) is 0 Å². The van der Waals surface area contributed by atoms with Crippen LogP contribution in [0.1, 0.15) is 16.7 Å². The minimum absolute atomic E-state index is 0.233. The molecule has 0 saturated carbocycles. The van der Waals surface area contributed by atoms with Crippen LogP contribution in [0.4, 0.5) is 5.69 Å². The van der Waals surface area contributed by atoms with Crippen LogP contribution in [0.3, 0.4) is 0 Å². The van der Waals surface area contributed by atoms with Crippen LogP contribution in [-0.2, 0) is 16.6 Å². The van der Waals surface area contributed by atoms with Crippen molar-refractivity contribution in [2.75, 3.05) is 12.3 Å². The minimum Gasteiger partial charge on any atom is -0.398 e. The van der Waals surface area contributed by atoms with Gasteiger partial charge < -0.3 is 5.73 Å². The SMILES string of the molecule is Cc1cc(N)c(C)c(S(=O)(=O)NCCn2cc(C)cn2)c1. The third-order valence-electron chi connectivity index (χ3n) is 3.23. The van der Waals surface area contributed by atoms with E-state index in [0.29, 0.717) is 17.8 Å². The Morgan fingerprint density at radius 2 is 1.95 bits per heavy atom. The van der Waals surface area contributed by atoms with Crippen molar-refractivity contribution in [1.82, 2.24) is 14.5 Å². The first kappa shape index (κ1) is 15.5. The van der Waals surface area contributed by atoms with Crippen LogP contribution in [0.25, 0.3) is 0 Å².